The fourth-order valence-corrected chi connectivity index (χ4v) is 1.48. The molecule has 0 radical (unpaired) electrons. The van der Waals surface area contributed by atoms with Crippen molar-refractivity contribution in [3.05, 3.63) is 11.4 Å². The smallest absolute Gasteiger partial charge is 0.359 e. The molecule has 1 heterocycles. The first-order chi connectivity index (χ1) is 8.97. The second-order valence-corrected chi connectivity index (χ2v) is 4.12. The molecule has 7 nitrogen and oxygen atoms in total. The topological polar surface area (TPSA) is 96.4 Å². The summed E-state index contributed by atoms with van der Waals surface area (Å²) in [7, 11) is 1.58. The molecular weight excluding hydrogens is 250 g/mol. The highest BCUT2D eigenvalue weighted by atomic mass is 16.6. The van der Waals surface area contributed by atoms with Gasteiger partial charge in [0, 0.05) is 7.05 Å². The molecule has 0 aliphatic rings. The summed E-state index contributed by atoms with van der Waals surface area (Å²) in [5, 5.41) is 3.99. The van der Waals surface area contributed by atoms with Crippen molar-refractivity contribution in [1.29, 1.82) is 0 Å². The van der Waals surface area contributed by atoms with Crippen molar-refractivity contribution >= 4 is 17.6 Å². The number of esters is 2. The molecular formula is C12H19N3O4. The summed E-state index contributed by atoms with van der Waals surface area (Å²) in [5.74, 6) is -1.26. The van der Waals surface area contributed by atoms with Gasteiger partial charge in [-0.1, -0.05) is 13.3 Å². The summed E-state index contributed by atoms with van der Waals surface area (Å²) in [6, 6.07) is 0. The lowest BCUT2D eigenvalue weighted by Crippen LogP contribution is -2.19. The molecule has 19 heavy (non-hydrogen) atoms. The van der Waals surface area contributed by atoms with E-state index in [1.165, 1.54) is 4.68 Å². The van der Waals surface area contributed by atoms with E-state index >= 15 is 0 Å². The number of rotatable bonds is 6. The Kier molecular flexibility index (Phi) is 5.35. The fraction of sp³-hybridized carbons (Fsp3) is 0.583. The first-order valence-electron chi connectivity index (χ1n) is 6.09. The summed E-state index contributed by atoms with van der Waals surface area (Å²) in [4.78, 5) is 23.0. The lowest BCUT2D eigenvalue weighted by atomic mass is 10.3. The zero-order valence-electron chi connectivity index (χ0n) is 11.4. The van der Waals surface area contributed by atoms with Crippen LogP contribution in [-0.4, -0.2) is 34.9 Å². The maximum Gasteiger partial charge on any atom is 0.359 e. The van der Waals surface area contributed by atoms with Gasteiger partial charge in [0.2, 0.25) is 0 Å². The number of unbranched alkanes of at least 4 members (excludes halogenated alkanes) is 1. The van der Waals surface area contributed by atoms with Gasteiger partial charge in [-0.15, -0.1) is 0 Å². The Hall–Kier alpha value is -2.05. The number of nitrogens with two attached hydrogens (primary N) is 1. The highest BCUT2D eigenvalue weighted by molar-refractivity contribution is 5.94. The quantitative estimate of drug-likeness (QED) is 0.606. The number of hydrogen-bond donors (Lipinski definition) is 1. The Bertz CT molecular complexity index is 468. The summed E-state index contributed by atoms with van der Waals surface area (Å²) in [6.07, 6.45) is 1.71. The van der Waals surface area contributed by atoms with Crippen LogP contribution in [0.3, 0.4) is 0 Å². The van der Waals surface area contributed by atoms with Crippen molar-refractivity contribution in [2.75, 3.05) is 18.9 Å². The SMILES string of the molecule is CCCCOC(=O)COC(=O)c1c(N)c(C)nn1C. The van der Waals surface area contributed by atoms with E-state index in [9.17, 15) is 9.59 Å². The number of carbonyl (C=O) groups excluding carboxylic acids is 2. The molecule has 0 aliphatic carbocycles. The minimum absolute atomic E-state index is 0.138. The van der Waals surface area contributed by atoms with Crippen molar-refractivity contribution in [1.82, 2.24) is 9.78 Å². The Balaban J connectivity index is 2.49. The van der Waals surface area contributed by atoms with E-state index in [1.807, 2.05) is 6.92 Å². The Labute approximate surface area is 111 Å². The number of ether oxygens (including phenoxy) is 2. The summed E-state index contributed by atoms with van der Waals surface area (Å²) in [5.41, 5.74) is 6.64. The number of aromatic nitrogens is 2. The van der Waals surface area contributed by atoms with E-state index in [2.05, 4.69) is 5.10 Å². The first-order valence-corrected chi connectivity index (χ1v) is 6.09. The van der Waals surface area contributed by atoms with Crippen LogP contribution >= 0.6 is 0 Å². The molecule has 0 amide bonds. The Morgan fingerprint density at radius 3 is 2.58 bits per heavy atom. The third-order valence-electron chi connectivity index (χ3n) is 2.54. The molecule has 106 valence electrons. The fourth-order valence-electron chi connectivity index (χ4n) is 1.48. The van der Waals surface area contributed by atoms with Gasteiger partial charge in [0.1, 0.15) is 0 Å². The van der Waals surface area contributed by atoms with E-state index in [-0.39, 0.29) is 11.4 Å². The van der Waals surface area contributed by atoms with Gasteiger partial charge in [-0.2, -0.15) is 5.10 Å². The van der Waals surface area contributed by atoms with Crippen molar-refractivity contribution in [2.24, 2.45) is 7.05 Å². The lowest BCUT2D eigenvalue weighted by Gasteiger charge is -2.06. The number of anilines is 1. The van der Waals surface area contributed by atoms with Gasteiger partial charge in [-0.05, 0) is 13.3 Å². The van der Waals surface area contributed by atoms with Gasteiger partial charge in [0.25, 0.3) is 0 Å². The van der Waals surface area contributed by atoms with Crippen LogP contribution < -0.4 is 5.73 Å². The predicted octanol–water partition coefficient (Wildman–Crippen LogP) is 0.811. The van der Waals surface area contributed by atoms with E-state index in [0.717, 1.165) is 12.8 Å². The largest absolute Gasteiger partial charge is 0.463 e. The van der Waals surface area contributed by atoms with Crippen LogP contribution in [-0.2, 0) is 21.3 Å². The Morgan fingerprint density at radius 2 is 2.05 bits per heavy atom. The molecule has 0 spiro atoms. The van der Waals surface area contributed by atoms with E-state index < -0.39 is 18.5 Å². The molecule has 0 bridgehead atoms. The normalized spacial score (nSPS) is 10.3. The molecule has 0 atom stereocenters. The van der Waals surface area contributed by atoms with Crippen molar-refractivity contribution in [3.8, 4) is 0 Å². The van der Waals surface area contributed by atoms with Gasteiger partial charge in [-0.25, -0.2) is 9.59 Å². The third kappa shape index (κ3) is 3.97. The number of carbonyl (C=O) groups is 2. The molecule has 0 saturated heterocycles. The molecule has 1 rings (SSSR count). The second-order valence-electron chi connectivity index (χ2n) is 4.12. The first kappa shape index (κ1) is 15.0. The van der Waals surface area contributed by atoms with Crippen molar-refractivity contribution in [3.63, 3.8) is 0 Å². The van der Waals surface area contributed by atoms with Crippen molar-refractivity contribution in [2.45, 2.75) is 26.7 Å². The van der Waals surface area contributed by atoms with Crippen LogP contribution in [0.1, 0.15) is 35.9 Å². The lowest BCUT2D eigenvalue weighted by molar-refractivity contribution is -0.147. The zero-order valence-corrected chi connectivity index (χ0v) is 11.4. The van der Waals surface area contributed by atoms with Gasteiger partial charge in [0.05, 0.1) is 18.0 Å². The second kappa shape index (κ2) is 6.77. The molecule has 0 aromatic carbocycles. The van der Waals surface area contributed by atoms with Crippen LogP contribution in [0, 0.1) is 6.92 Å². The van der Waals surface area contributed by atoms with Crippen LogP contribution in [0.2, 0.25) is 0 Å². The van der Waals surface area contributed by atoms with Gasteiger partial charge < -0.3 is 15.2 Å². The average Bonchev–Trinajstić information content (AvgIpc) is 2.61. The highest BCUT2D eigenvalue weighted by Gasteiger charge is 2.20. The summed E-state index contributed by atoms with van der Waals surface area (Å²) >= 11 is 0. The summed E-state index contributed by atoms with van der Waals surface area (Å²) in [6.45, 7) is 3.58. The standard InChI is InChI=1S/C12H19N3O4/c1-4-5-6-18-9(16)7-19-12(17)11-10(13)8(2)14-15(11)3/h4-7,13H2,1-3H3. The average molecular weight is 269 g/mol. The van der Waals surface area contributed by atoms with Gasteiger partial charge in [-0.3, -0.25) is 4.68 Å². The molecule has 7 heteroatoms. The number of hydrogen-bond acceptors (Lipinski definition) is 6. The maximum absolute atomic E-state index is 11.8. The van der Waals surface area contributed by atoms with Crippen LogP contribution in [0.25, 0.3) is 0 Å². The van der Waals surface area contributed by atoms with Gasteiger partial charge >= 0.3 is 11.9 Å². The van der Waals surface area contributed by atoms with Crippen LogP contribution in [0.4, 0.5) is 5.69 Å². The van der Waals surface area contributed by atoms with Crippen LogP contribution in [0.15, 0.2) is 0 Å². The number of nitrogen functional groups attached to an aromatic ring is 1. The molecule has 0 saturated carbocycles. The Morgan fingerprint density at radius 1 is 1.37 bits per heavy atom. The van der Waals surface area contributed by atoms with E-state index in [1.54, 1.807) is 14.0 Å². The number of aryl methyl sites for hydroxylation is 2. The van der Waals surface area contributed by atoms with Gasteiger partial charge in [0.15, 0.2) is 12.3 Å². The zero-order chi connectivity index (χ0) is 14.4. The maximum atomic E-state index is 11.8. The third-order valence-corrected chi connectivity index (χ3v) is 2.54. The molecule has 0 unspecified atom stereocenters. The minimum Gasteiger partial charge on any atom is -0.463 e. The molecule has 0 fully saturated rings. The van der Waals surface area contributed by atoms with E-state index in [4.69, 9.17) is 15.2 Å². The summed E-state index contributed by atoms with van der Waals surface area (Å²) < 4.78 is 11.0. The molecule has 2 N–H and O–H groups in total. The predicted molar refractivity (Wildman–Crippen MR) is 68.5 cm³/mol. The molecule has 0 aliphatic heterocycles. The van der Waals surface area contributed by atoms with E-state index in [0.29, 0.717) is 12.3 Å². The number of nitrogens with zero attached hydrogens (tertiary/aromatic N) is 2. The highest BCUT2D eigenvalue weighted by Crippen LogP contribution is 2.16. The minimum atomic E-state index is -0.687. The van der Waals surface area contributed by atoms with Crippen molar-refractivity contribution < 1.29 is 19.1 Å². The monoisotopic (exact) mass is 269 g/mol. The molecule has 1 aromatic rings. The van der Waals surface area contributed by atoms with Crippen LogP contribution in [0.5, 0.6) is 0 Å². The molecule has 1 aromatic heterocycles.